The molecule has 0 amide bonds. The number of hydrogen-bond acceptors (Lipinski definition) is 6. The fourth-order valence-electron chi connectivity index (χ4n) is 7.04. The van der Waals surface area contributed by atoms with E-state index in [-0.39, 0.29) is 0 Å². The van der Waals surface area contributed by atoms with Crippen LogP contribution < -0.4 is 0 Å². The van der Waals surface area contributed by atoms with Crippen molar-refractivity contribution in [1.29, 1.82) is 0 Å². The number of halogens is 2. The van der Waals surface area contributed by atoms with Crippen LogP contribution in [0.3, 0.4) is 0 Å². The third-order valence-electron chi connectivity index (χ3n) is 11.1. The summed E-state index contributed by atoms with van der Waals surface area (Å²) < 4.78 is 76.5. The summed E-state index contributed by atoms with van der Waals surface area (Å²) in [5, 5.41) is 0. The second-order valence-corrected chi connectivity index (χ2v) is 21.1. The van der Waals surface area contributed by atoms with Crippen molar-refractivity contribution in [3.05, 3.63) is 0 Å². The van der Waals surface area contributed by atoms with Crippen LogP contribution in [0.15, 0.2) is 0 Å². The van der Waals surface area contributed by atoms with Crippen LogP contribution in [0.4, 0.5) is 8.78 Å². The van der Waals surface area contributed by atoms with Gasteiger partial charge in [0, 0.05) is 0 Å². The Morgan fingerprint density at radius 3 is 0.596 bits per heavy atom. The summed E-state index contributed by atoms with van der Waals surface area (Å²) in [4.78, 5) is 0. The lowest BCUT2D eigenvalue weighted by atomic mass is 10.1. The molecule has 0 aromatic carbocycles. The molecule has 0 aliphatic heterocycles. The molecule has 12 heteroatoms. The van der Waals surface area contributed by atoms with Gasteiger partial charge in [-0.3, -0.25) is 0 Å². The van der Waals surface area contributed by atoms with Gasteiger partial charge in [0.2, 0.25) is 0 Å². The predicted molar refractivity (Wildman–Crippen MR) is 238 cm³/mol. The first-order chi connectivity index (χ1) is 26.7. The van der Waals surface area contributed by atoms with Gasteiger partial charge in [0.25, 0.3) is 0 Å². The van der Waals surface area contributed by atoms with E-state index in [0.717, 1.165) is 0 Å². The Hall–Kier alpha value is -0.400. The fourth-order valence-corrected chi connectivity index (χ4v) is 8.04. The quantitative estimate of drug-likeness (QED) is 0.0347. The minimum Gasteiger partial charge on any atom is -0.743 e. The molecule has 0 saturated carbocycles. The van der Waals surface area contributed by atoms with Gasteiger partial charge in [-0.15, -0.1) is 0 Å². The average Bonchev–Trinajstić information content (AvgIpc) is 3.12. The molecule has 0 aromatic heterocycles. The molecule has 0 saturated heterocycles. The van der Waals surface area contributed by atoms with Crippen molar-refractivity contribution in [2.45, 2.75) is 238 Å². The van der Waals surface area contributed by atoms with Crippen molar-refractivity contribution in [1.82, 2.24) is 0 Å². The third-order valence-corrected chi connectivity index (χ3v) is 13.4. The number of alkyl halides is 2. The first kappa shape index (κ1) is 60.9. The molecule has 0 radical (unpaired) electrons. The molecule has 8 nitrogen and oxygen atoms in total. The zero-order valence-corrected chi connectivity index (χ0v) is 40.5. The molecule has 0 bridgehead atoms. The van der Waals surface area contributed by atoms with Crippen LogP contribution in [0.2, 0.25) is 0 Å². The Labute approximate surface area is 354 Å². The molecule has 0 rings (SSSR count). The maximum absolute atomic E-state index is 11.6. The van der Waals surface area contributed by atoms with Crippen molar-refractivity contribution < 1.29 is 43.7 Å². The molecule has 0 aliphatic carbocycles. The summed E-state index contributed by atoms with van der Waals surface area (Å²) in [5.74, 6) is 0. The van der Waals surface area contributed by atoms with Crippen molar-refractivity contribution in [3.63, 3.8) is 0 Å². The zero-order chi connectivity index (χ0) is 44.0. The summed E-state index contributed by atoms with van der Waals surface area (Å²) in [6.45, 7) is 14.7. The molecular formula is C45H96F2N2O6S2. The number of hydrogen-bond donors (Lipinski definition) is 0. The van der Waals surface area contributed by atoms with Crippen molar-refractivity contribution >= 4 is 20.2 Å². The molecule has 0 aliphatic rings. The lowest BCUT2D eigenvalue weighted by molar-refractivity contribution is -0.890. The van der Waals surface area contributed by atoms with Gasteiger partial charge in [-0.1, -0.05) is 182 Å². The van der Waals surface area contributed by atoms with Gasteiger partial charge >= 0.3 is 4.59 Å². The molecule has 0 N–H and O–H groups in total. The maximum atomic E-state index is 11.6. The van der Waals surface area contributed by atoms with Crippen molar-refractivity contribution in [2.24, 2.45) is 0 Å². The Bertz CT molecular complexity index is 948. The van der Waals surface area contributed by atoms with Gasteiger partial charge in [0.05, 0.1) is 54.4 Å². The highest BCUT2D eigenvalue weighted by Crippen LogP contribution is 2.25. The van der Waals surface area contributed by atoms with E-state index in [2.05, 4.69) is 55.9 Å². The average molecular weight is 863 g/mol. The number of quaternary nitrogens is 2. The Morgan fingerprint density at radius 2 is 0.474 bits per heavy atom. The lowest BCUT2D eigenvalue weighted by Crippen LogP contribution is -2.41. The molecule has 0 heterocycles. The highest BCUT2D eigenvalue weighted by atomic mass is 32.3. The first-order valence-corrected chi connectivity index (χ1v) is 26.5. The molecular weight excluding hydrogens is 767 g/mol. The van der Waals surface area contributed by atoms with Crippen molar-refractivity contribution in [3.8, 4) is 0 Å². The SMILES string of the molecule is CCCCCCCCCC[N+](C)(C)CCCCCCCCCC.CCCCCCCCCC[N+](C)(C)CCCCCCCCCC.O=S(=O)([O-])C(F)(F)S(=O)(=O)[O-]. The van der Waals surface area contributed by atoms with Gasteiger partial charge < -0.3 is 18.1 Å². The van der Waals surface area contributed by atoms with Crippen LogP contribution in [0.1, 0.15) is 233 Å². The topological polar surface area (TPSA) is 114 Å². The van der Waals surface area contributed by atoms with E-state index < -0.39 is 24.8 Å². The number of rotatable bonds is 38. The largest absolute Gasteiger partial charge is 0.743 e. The van der Waals surface area contributed by atoms with Crippen molar-refractivity contribution in [2.75, 3.05) is 54.4 Å². The summed E-state index contributed by atoms with van der Waals surface area (Å²) in [6.07, 6.45) is 46.1. The Balaban J connectivity index is -0.000000816. The summed E-state index contributed by atoms with van der Waals surface area (Å²) in [7, 11) is -3.16. The van der Waals surface area contributed by atoms with E-state index in [4.69, 9.17) is 0 Å². The summed E-state index contributed by atoms with van der Waals surface area (Å²) >= 11 is 0. The number of unbranched alkanes of at least 4 members (excludes halogenated alkanes) is 28. The maximum Gasteiger partial charge on any atom is 0.422 e. The second kappa shape index (κ2) is 38.5. The zero-order valence-electron chi connectivity index (χ0n) is 38.9. The molecule has 0 unspecified atom stereocenters. The van der Waals surface area contributed by atoms with Crippen LogP contribution in [0.5, 0.6) is 0 Å². The summed E-state index contributed by atoms with van der Waals surface area (Å²) in [5.41, 5.74) is 0. The summed E-state index contributed by atoms with van der Waals surface area (Å²) in [6, 6.07) is 0. The number of nitrogens with zero attached hydrogens (tertiary/aromatic N) is 2. The van der Waals surface area contributed by atoms with E-state index in [1.165, 1.54) is 241 Å². The molecule has 348 valence electrons. The van der Waals surface area contributed by atoms with Gasteiger partial charge in [-0.25, -0.2) is 16.8 Å². The van der Waals surface area contributed by atoms with E-state index in [9.17, 15) is 34.7 Å². The van der Waals surface area contributed by atoms with Crippen LogP contribution in [-0.2, 0) is 20.2 Å². The van der Waals surface area contributed by atoms with Crippen LogP contribution >= 0.6 is 0 Å². The minimum atomic E-state index is -6.44. The lowest BCUT2D eigenvalue weighted by Gasteiger charge is -2.30. The smallest absolute Gasteiger partial charge is 0.422 e. The fraction of sp³-hybridized carbons (Fsp3) is 1.00. The Morgan fingerprint density at radius 1 is 0.333 bits per heavy atom. The van der Waals surface area contributed by atoms with E-state index >= 15 is 0 Å². The highest BCUT2D eigenvalue weighted by Gasteiger charge is 2.45. The van der Waals surface area contributed by atoms with Gasteiger partial charge in [0.1, 0.15) is 0 Å². The molecule has 0 spiro atoms. The molecule has 0 atom stereocenters. The molecule has 0 fully saturated rings. The van der Waals surface area contributed by atoms with Gasteiger partial charge in [0.15, 0.2) is 20.2 Å². The van der Waals surface area contributed by atoms with Gasteiger partial charge in [-0.2, -0.15) is 8.78 Å². The van der Waals surface area contributed by atoms with Crippen LogP contribution in [0.25, 0.3) is 0 Å². The third kappa shape index (κ3) is 42.1. The van der Waals surface area contributed by atoms with Gasteiger partial charge in [-0.05, 0) is 51.4 Å². The minimum absolute atomic E-state index is 1.24. The second-order valence-electron chi connectivity index (χ2n) is 18.0. The predicted octanol–water partition coefficient (Wildman–Crippen LogP) is 13.3. The Kier molecular flexibility index (Phi) is 41.2. The standard InChI is InChI=1S/2C22H48N.CH2F2O6S2/c2*1-5-7-9-11-13-15-17-19-21-23(3,4)22-20-18-16-14-12-10-8-6-2;2-1(3,10(4,5)6)11(7,8)9/h2*5-22H2,1-4H3;(H,4,5,6)(H,7,8,9)/q2*+1;/p-2. The van der Waals surface area contributed by atoms with E-state index in [1.807, 2.05) is 0 Å². The normalized spacial score (nSPS) is 12.6. The first-order valence-electron chi connectivity index (χ1n) is 23.7. The van der Waals surface area contributed by atoms with E-state index in [1.54, 1.807) is 0 Å². The van der Waals surface area contributed by atoms with E-state index in [0.29, 0.717) is 0 Å². The molecule has 57 heavy (non-hydrogen) atoms. The highest BCUT2D eigenvalue weighted by molar-refractivity contribution is 8.04. The monoisotopic (exact) mass is 863 g/mol. The van der Waals surface area contributed by atoms with Crippen LogP contribution in [-0.4, -0.2) is 93.9 Å². The van der Waals surface area contributed by atoms with Crippen LogP contribution in [0, 0.1) is 0 Å². The molecule has 0 aromatic rings.